The first-order chi connectivity index (χ1) is 13.3. The van der Waals surface area contributed by atoms with E-state index < -0.39 is 0 Å². The smallest absolute Gasteiger partial charge is 0.123 e. The van der Waals surface area contributed by atoms with Crippen LogP contribution in [0, 0.1) is 5.82 Å². The van der Waals surface area contributed by atoms with Gasteiger partial charge in [-0.15, -0.1) is 0 Å². The Morgan fingerprint density at radius 1 is 0.778 bits per heavy atom. The van der Waals surface area contributed by atoms with Crippen LogP contribution in [-0.2, 0) is 6.42 Å². The van der Waals surface area contributed by atoms with E-state index in [1.807, 2.05) is 54.6 Å². The zero-order valence-corrected chi connectivity index (χ0v) is 14.7. The van der Waals surface area contributed by atoms with Gasteiger partial charge in [0.1, 0.15) is 5.82 Å². The predicted octanol–water partition coefficient (Wildman–Crippen LogP) is 5.05. The van der Waals surface area contributed by atoms with Gasteiger partial charge in [0, 0.05) is 47.7 Å². The molecule has 0 unspecified atom stereocenters. The lowest BCUT2D eigenvalue weighted by Crippen LogP contribution is -2.09. The fraction of sp³-hybridized carbons (Fsp3) is 0.0870. The van der Waals surface area contributed by atoms with Gasteiger partial charge in [0.05, 0.1) is 0 Å². The van der Waals surface area contributed by atoms with Crippen LogP contribution >= 0.6 is 0 Å². The van der Waals surface area contributed by atoms with E-state index in [2.05, 4.69) is 15.0 Å². The van der Waals surface area contributed by atoms with Crippen molar-refractivity contribution < 1.29 is 4.39 Å². The van der Waals surface area contributed by atoms with E-state index in [0.717, 1.165) is 28.1 Å². The normalized spacial score (nSPS) is 10.9. The van der Waals surface area contributed by atoms with Crippen molar-refractivity contribution in [1.29, 1.82) is 0 Å². The Morgan fingerprint density at radius 3 is 2.11 bits per heavy atom. The Morgan fingerprint density at radius 2 is 1.52 bits per heavy atom. The second-order valence-electron chi connectivity index (χ2n) is 6.31. The summed E-state index contributed by atoms with van der Waals surface area (Å²) in [6, 6.07) is 20.5. The van der Waals surface area contributed by atoms with Gasteiger partial charge in [-0.1, -0.05) is 24.3 Å². The summed E-state index contributed by atoms with van der Waals surface area (Å²) < 4.78 is 14.0. The molecule has 0 atom stereocenters. The zero-order chi connectivity index (χ0) is 18.5. The standard InChI is InChI=1S/C23H18FN3/c24-19-10-9-17(20(15-19)18-6-5-11-25-16-18)14-21(22-7-1-3-12-26-22)23-8-2-4-13-27-23/h1-13,15-16,21H,14H2. The van der Waals surface area contributed by atoms with Crippen LogP contribution in [0.4, 0.5) is 4.39 Å². The van der Waals surface area contributed by atoms with E-state index >= 15 is 0 Å². The predicted molar refractivity (Wildman–Crippen MR) is 104 cm³/mol. The number of halogens is 1. The largest absolute Gasteiger partial charge is 0.264 e. The first-order valence-corrected chi connectivity index (χ1v) is 8.82. The molecule has 0 aliphatic heterocycles. The lowest BCUT2D eigenvalue weighted by atomic mass is 9.88. The number of nitrogens with zero attached hydrogens (tertiary/aromatic N) is 3. The van der Waals surface area contributed by atoms with Crippen LogP contribution in [-0.4, -0.2) is 15.0 Å². The van der Waals surface area contributed by atoms with Crippen LogP contribution in [0.5, 0.6) is 0 Å². The molecule has 27 heavy (non-hydrogen) atoms. The molecule has 0 fully saturated rings. The molecule has 0 bridgehead atoms. The van der Waals surface area contributed by atoms with Crippen molar-refractivity contribution in [1.82, 2.24) is 15.0 Å². The fourth-order valence-electron chi connectivity index (χ4n) is 3.26. The molecule has 3 nitrogen and oxygen atoms in total. The van der Waals surface area contributed by atoms with E-state index in [0.29, 0.717) is 6.42 Å². The SMILES string of the molecule is Fc1ccc(CC(c2ccccn2)c2ccccn2)c(-c2cccnc2)c1. The molecule has 0 N–H and O–H groups in total. The van der Waals surface area contributed by atoms with Gasteiger partial charge in [0.25, 0.3) is 0 Å². The number of hydrogen-bond donors (Lipinski definition) is 0. The van der Waals surface area contributed by atoms with Crippen LogP contribution in [0.25, 0.3) is 11.1 Å². The van der Waals surface area contributed by atoms with Crippen molar-refractivity contribution in [3.8, 4) is 11.1 Å². The van der Waals surface area contributed by atoms with E-state index in [1.165, 1.54) is 6.07 Å². The van der Waals surface area contributed by atoms with Crippen LogP contribution in [0.15, 0.2) is 91.5 Å². The third-order valence-corrected chi connectivity index (χ3v) is 4.56. The molecule has 0 spiro atoms. The van der Waals surface area contributed by atoms with Gasteiger partial charge in [-0.3, -0.25) is 15.0 Å². The average Bonchev–Trinajstić information content (AvgIpc) is 2.75. The molecule has 0 aliphatic carbocycles. The Hall–Kier alpha value is -3.40. The van der Waals surface area contributed by atoms with Gasteiger partial charge in [0.15, 0.2) is 0 Å². The van der Waals surface area contributed by atoms with Gasteiger partial charge in [0.2, 0.25) is 0 Å². The van der Waals surface area contributed by atoms with E-state index in [4.69, 9.17) is 0 Å². The minimum atomic E-state index is -0.259. The number of rotatable bonds is 5. The molecule has 132 valence electrons. The Kier molecular flexibility index (Phi) is 4.97. The van der Waals surface area contributed by atoms with Crippen molar-refractivity contribution in [2.45, 2.75) is 12.3 Å². The third kappa shape index (κ3) is 3.90. The summed E-state index contributed by atoms with van der Waals surface area (Å²) >= 11 is 0. The van der Waals surface area contributed by atoms with Gasteiger partial charge < -0.3 is 0 Å². The highest BCUT2D eigenvalue weighted by molar-refractivity contribution is 5.66. The second-order valence-corrected chi connectivity index (χ2v) is 6.31. The van der Waals surface area contributed by atoms with Crippen molar-refractivity contribution in [3.05, 3.63) is 114 Å². The Labute approximate surface area is 157 Å². The van der Waals surface area contributed by atoms with Gasteiger partial charge in [-0.2, -0.15) is 0 Å². The molecule has 0 aliphatic rings. The summed E-state index contributed by atoms with van der Waals surface area (Å²) in [5.74, 6) is -0.280. The molecular formula is C23H18FN3. The lowest BCUT2D eigenvalue weighted by Gasteiger charge is -2.18. The second kappa shape index (κ2) is 7.87. The molecule has 3 heterocycles. The zero-order valence-electron chi connectivity index (χ0n) is 14.7. The Balaban J connectivity index is 1.79. The molecular weight excluding hydrogens is 337 g/mol. The first-order valence-electron chi connectivity index (χ1n) is 8.82. The van der Waals surface area contributed by atoms with Crippen molar-refractivity contribution in [2.24, 2.45) is 0 Å². The molecule has 0 radical (unpaired) electrons. The summed E-state index contributed by atoms with van der Waals surface area (Å²) in [5.41, 5.74) is 4.66. The maximum atomic E-state index is 14.0. The number of benzene rings is 1. The lowest BCUT2D eigenvalue weighted by molar-refractivity contribution is 0.627. The highest BCUT2D eigenvalue weighted by atomic mass is 19.1. The highest BCUT2D eigenvalue weighted by Crippen LogP contribution is 2.31. The molecule has 4 aromatic rings. The van der Waals surface area contributed by atoms with Crippen LogP contribution in [0.2, 0.25) is 0 Å². The summed E-state index contributed by atoms with van der Waals surface area (Å²) in [7, 11) is 0. The topological polar surface area (TPSA) is 38.7 Å². The summed E-state index contributed by atoms with van der Waals surface area (Å²) in [6.45, 7) is 0. The summed E-state index contributed by atoms with van der Waals surface area (Å²) in [5, 5.41) is 0. The molecule has 4 heteroatoms. The van der Waals surface area contributed by atoms with Gasteiger partial charge in [-0.25, -0.2) is 4.39 Å². The molecule has 0 amide bonds. The molecule has 0 saturated heterocycles. The van der Waals surface area contributed by atoms with E-state index in [1.54, 1.807) is 30.9 Å². The van der Waals surface area contributed by atoms with Crippen LogP contribution < -0.4 is 0 Å². The van der Waals surface area contributed by atoms with Gasteiger partial charge in [-0.05, 0) is 60.0 Å². The molecule has 0 saturated carbocycles. The minimum absolute atomic E-state index is 0.0201. The Bertz CT molecular complexity index is 966. The maximum absolute atomic E-state index is 14.0. The molecule has 4 rings (SSSR count). The number of pyridine rings is 3. The van der Waals surface area contributed by atoms with Crippen molar-refractivity contribution >= 4 is 0 Å². The maximum Gasteiger partial charge on any atom is 0.123 e. The van der Waals surface area contributed by atoms with Crippen LogP contribution in [0.1, 0.15) is 22.9 Å². The van der Waals surface area contributed by atoms with Gasteiger partial charge >= 0.3 is 0 Å². The number of aromatic nitrogens is 3. The summed E-state index contributed by atoms with van der Waals surface area (Å²) in [4.78, 5) is 13.3. The average molecular weight is 355 g/mol. The quantitative estimate of drug-likeness (QED) is 0.503. The molecule has 3 aromatic heterocycles. The minimum Gasteiger partial charge on any atom is -0.264 e. The van der Waals surface area contributed by atoms with E-state index in [9.17, 15) is 4.39 Å². The van der Waals surface area contributed by atoms with Crippen molar-refractivity contribution in [3.63, 3.8) is 0 Å². The third-order valence-electron chi connectivity index (χ3n) is 4.56. The van der Waals surface area contributed by atoms with Crippen LogP contribution in [0.3, 0.4) is 0 Å². The monoisotopic (exact) mass is 355 g/mol. The summed E-state index contributed by atoms with van der Waals surface area (Å²) in [6.07, 6.45) is 7.72. The van der Waals surface area contributed by atoms with Crippen molar-refractivity contribution in [2.75, 3.05) is 0 Å². The highest BCUT2D eigenvalue weighted by Gasteiger charge is 2.19. The van der Waals surface area contributed by atoms with E-state index in [-0.39, 0.29) is 11.7 Å². The molecule has 1 aromatic carbocycles. The fourth-order valence-corrected chi connectivity index (χ4v) is 3.26. The first kappa shape index (κ1) is 17.0. The number of hydrogen-bond acceptors (Lipinski definition) is 3.